The van der Waals surface area contributed by atoms with Crippen molar-refractivity contribution < 1.29 is 28.1 Å². The lowest BCUT2D eigenvalue weighted by atomic mass is 9.64. The molecule has 0 aliphatic carbocycles. The molecule has 0 unspecified atom stereocenters. The molecule has 2 aliphatic rings. The van der Waals surface area contributed by atoms with Crippen molar-refractivity contribution in [2.75, 3.05) is 14.2 Å². The standard InChI is InChI=1S/C20H32B2O6/c1-17(2)18(3,4)26-21(25-17)13-11-15(23-9)16(24-10)12-14(13)22-27-19(5,6)20(7,8)28-22/h11-12H,1-10H3. The van der Waals surface area contributed by atoms with Crippen LogP contribution < -0.4 is 20.4 Å². The van der Waals surface area contributed by atoms with Crippen molar-refractivity contribution in [3.8, 4) is 11.5 Å². The van der Waals surface area contributed by atoms with Gasteiger partial charge in [-0.3, -0.25) is 0 Å². The summed E-state index contributed by atoms with van der Waals surface area (Å²) >= 11 is 0. The van der Waals surface area contributed by atoms with Gasteiger partial charge in [-0.05, 0) is 78.4 Å². The van der Waals surface area contributed by atoms with Crippen LogP contribution in [0.15, 0.2) is 12.1 Å². The molecule has 6 nitrogen and oxygen atoms in total. The van der Waals surface area contributed by atoms with Crippen LogP contribution in [-0.2, 0) is 18.6 Å². The first-order chi connectivity index (χ1) is 12.7. The molecule has 2 saturated heterocycles. The van der Waals surface area contributed by atoms with Crippen molar-refractivity contribution in [1.29, 1.82) is 0 Å². The van der Waals surface area contributed by atoms with Crippen LogP contribution in [0, 0.1) is 0 Å². The highest BCUT2D eigenvalue weighted by atomic mass is 16.7. The minimum absolute atomic E-state index is 0.460. The van der Waals surface area contributed by atoms with E-state index in [9.17, 15) is 0 Å². The molecular formula is C20H32B2O6. The predicted octanol–water partition coefficient (Wildman–Crippen LogP) is 2.30. The number of rotatable bonds is 4. The van der Waals surface area contributed by atoms with Gasteiger partial charge in [-0.15, -0.1) is 0 Å². The Bertz CT molecular complexity index is 664. The Balaban J connectivity index is 2.10. The van der Waals surface area contributed by atoms with Crippen LogP contribution >= 0.6 is 0 Å². The molecule has 0 bridgehead atoms. The van der Waals surface area contributed by atoms with Gasteiger partial charge in [-0.2, -0.15) is 0 Å². The summed E-state index contributed by atoms with van der Waals surface area (Å²) in [5, 5.41) is 0. The van der Waals surface area contributed by atoms with Gasteiger partial charge in [-0.1, -0.05) is 0 Å². The van der Waals surface area contributed by atoms with Crippen LogP contribution in [0.2, 0.25) is 0 Å². The first kappa shape index (κ1) is 21.5. The Hall–Kier alpha value is -1.21. The zero-order chi connectivity index (χ0) is 21.1. The third-order valence-electron chi connectivity index (χ3n) is 6.60. The van der Waals surface area contributed by atoms with E-state index < -0.39 is 36.6 Å². The third kappa shape index (κ3) is 3.34. The molecule has 3 rings (SSSR count). The first-order valence-electron chi connectivity index (χ1n) is 9.72. The van der Waals surface area contributed by atoms with Gasteiger partial charge in [0.05, 0.1) is 36.6 Å². The molecule has 2 heterocycles. The molecule has 154 valence electrons. The number of ether oxygens (including phenoxy) is 2. The van der Waals surface area contributed by atoms with Gasteiger partial charge in [0.1, 0.15) is 0 Å². The molecule has 0 saturated carbocycles. The fraction of sp³-hybridized carbons (Fsp3) is 0.700. The largest absolute Gasteiger partial charge is 0.494 e. The van der Waals surface area contributed by atoms with Crippen molar-refractivity contribution in [3.05, 3.63) is 12.1 Å². The fourth-order valence-corrected chi connectivity index (χ4v) is 3.26. The molecule has 0 N–H and O–H groups in total. The maximum absolute atomic E-state index is 6.30. The number of benzene rings is 1. The van der Waals surface area contributed by atoms with E-state index in [1.165, 1.54) is 0 Å². The minimum atomic E-state index is -0.571. The van der Waals surface area contributed by atoms with E-state index in [4.69, 9.17) is 28.1 Å². The molecule has 28 heavy (non-hydrogen) atoms. The maximum atomic E-state index is 6.30. The average Bonchev–Trinajstić information content (AvgIpc) is 2.93. The molecule has 8 heteroatoms. The Kier molecular flexibility index (Phi) is 5.11. The Morgan fingerprint density at radius 2 is 0.821 bits per heavy atom. The van der Waals surface area contributed by atoms with E-state index in [1.54, 1.807) is 14.2 Å². The summed E-state index contributed by atoms with van der Waals surface area (Å²) in [5.41, 5.74) is -0.212. The second kappa shape index (κ2) is 6.66. The molecular weight excluding hydrogens is 358 g/mol. The summed E-state index contributed by atoms with van der Waals surface area (Å²) in [6.07, 6.45) is 0. The van der Waals surface area contributed by atoms with Gasteiger partial charge in [0, 0.05) is 0 Å². The smallest absolute Gasteiger partial charge is 0.493 e. The van der Waals surface area contributed by atoms with E-state index in [-0.39, 0.29) is 0 Å². The van der Waals surface area contributed by atoms with Crippen LogP contribution in [-0.4, -0.2) is 50.9 Å². The molecule has 0 amide bonds. The third-order valence-corrected chi connectivity index (χ3v) is 6.60. The first-order valence-corrected chi connectivity index (χ1v) is 9.72. The molecule has 0 radical (unpaired) electrons. The quantitative estimate of drug-likeness (QED) is 0.736. The molecule has 1 aromatic rings. The Morgan fingerprint density at radius 1 is 0.571 bits per heavy atom. The SMILES string of the molecule is COc1cc(B2OC(C)(C)C(C)(C)O2)c(B2OC(C)(C)C(C)(C)O2)cc1OC. The summed E-state index contributed by atoms with van der Waals surface area (Å²) in [7, 11) is 2.08. The van der Waals surface area contributed by atoms with E-state index in [0.29, 0.717) is 11.5 Å². The number of hydrogen-bond donors (Lipinski definition) is 0. The van der Waals surface area contributed by atoms with Crippen molar-refractivity contribution in [2.24, 2.45) is 0 Å². The molecule has 1 aromatic carbocycles. The van der Waals surface area contributed by atoms with Crippen LogP contribution in [0.3, 0.4) is 0 Å². The highest BCUT2D eigenvalue weighted by Gasteiger charge is 2.56. The van der Waals surface area contributed by atoms with Crippen LogP contribution in [0.1, 0.15) is 55.4 Å². The lowest BCUT2D eigenvalue weighted by molar-refractivity contribution is 0.00578. The van der Waals surface area contributed by atoms with Crippen LogP contribution in [0.4, 0.5) is 0 Å². The van der Waals surface area contributed by atoms with Crippen molar-refractivity contribution in [3.63, 3.8) is 0 Å². The lowest BCUT2D eigenvalue weighted by Gasteiger charge is -2.32. The second-order valence-electron chi connectivity index (χ2n) is 9.51. The monoisotopic (exact) mass is 390 g/mol. The summed E-state index contributed by atoms with van der Waals surface area (Å²) < 4.78 is 36.2. The zero-order valence-electron chi connectivity index (χ0n) is 18.8. The highest BCUT2D eigenvalue weighted by Crippen LogP contribution is 2.39. The summed E-state index contributed by atoms with van der Waals surface area (Å²) in [6, 6.07) is 3.78. The topological polar surface area (TPSA) is 55.4 Å². The van der Waals surface area contributed by atoms with Gasteiger partial charge >= 0.3 is 14.2 Å². The second-order valence-corrected chi connectivity index (χ2v) is 9.51. The normalized spacial score (nSPS) is 24.5. The highest BCUT2D eigenvalue weighted by molar-refractivity contribution is 6.74. The lowest BCUT2D eigenvalue weighted by Crippen LogP contribution is -2.51. The number of methoxy groups -OCH3 is 2. The molecule has 2 aliphatic heterocycles. The van der Waals surface area contributed by atoms with Crippen molar-refractivity contribution in [1.82, 2.24) is 0 Å². The van der Waals surface area contributed by atoms with Gasteiger partial charge in [0.15, 0.2) is 11.5 Å². The maximum Gasteiger partial charge on any atom is 0.494 e. The van der Waals surface area contributed by atoms with Crippen molar-refractivity contribution in [2.45, 2.75) is 77.8 Å². The van der Waals surface area contributed by atoms with Gasteiger partial charge < -0.3 is 28.1 Å². The zero-order valence-corrected chi connectivity index (χ0v) is 18.8. The minimum Gasteiger partial charge on any atom is -0.493 e. The molecule has 2 fully saturated rings. The van der Waals surface area contributed by atoms with Gasteiger partial charge in [0.25, 0.3) is 0 Å². The summed E-state index contributed by atoms with van der Waals surface area (Å²) in [4.78, 5) is 0. The summed E-state index contributed by atoms with van der Waals surface area (Å²) in [6.45, 7) is 16.2. The number of hydrogen-bond acceptors (Lipinski definition) is 6. The average molecular weight is 390 g/mol. The van der Waals surface area contributed by atoms with E-state index >= 15 is 0 Å². The van der Waals surface area contributed by atoms with Gasteiger partial charge in [-0.25, -0.2) is 0 Å². The molecule has 0 atom stereocenters. The predicted molar refractivity (Wildman–Crippen MR) is 111 cm³/mol. The molecule has 0 aromatic heterocycles. The van der Waals surface area contributed by atoms with Crippen LogP contribution in [0.5, 0.6) is 11.5 Å². The van der Waals surface area contributed by atoms with Crippen LogP contribution in [0.25, 0.3) is 0 Å². The summed E-state index contributed by atoms with van der Waals surface area (Å²) in [5.74, 6) is 1.21. The fourth-order valence-electron chi connectivity index (χ4n) is 3.26. The molecule has 0 spiro atoms. The van der Waals surface area contributed by atoms with Crippen molar-refractivity contribution >= 4 is 25.2 Å². The van der Waals surface area contributed by atoms with E-state index in [1.807, 2.05) is 67.5 Å². The van der Waals surface area contributed by atoms with Gasteiger partial charge in [0.2, 0.25) is 0 Å². The van der Waals surface area contributed by atoms with E-state index in [0.717, 1.165) is 10.9 Å². The Labute approximate surface area is 169 Å². The van der Waals surface area contributed by atoms with E-state index in [2.05, 4.69) is 0 Å². The Morgan fingerprint density at radius 3 is 1.04 bits per heavy atom.